The van der Waals surface area contributed by atoms with Crippen molar-refractivity contribution in [3.8, 4) is 11.1 Å². The van der Waals surface area contributed by atoms with E-state index in [0.717, 1.165) is 56.2 Å². The van der Waals surface area contributed by atoms with Gasteiger partial charge < -0.3 is 10.6 Å². The second kappa shape index (κ2) is 8.53. The van der Waals surface area contributed by atoms with Gasteiger partial charge >= 0.3 is 0 Å². The lowest BCUT2D eigenvalue weighted by Crippen LogP contribution is -2.40. The molecule has 3 heterocycles. The molecular weight excluding hydrogens is 390 g/mol. The number of anilines is 1. The zero-order valence-corrected chi connectivity index (χ0v) is 17.3. The zero-order valence-electron chi connectivity index (χ0n) is 16.6. The topological polar surface area (TPSA) is 88.9 Å². The normalized spacial score (nSPS) is 21.3. The number of halogens is 1. The van der Waals surface area contributed by atoms with Gasteiger partial charge in [0.2, 0.25) is 11.8 Å². The number of rotatable bonds is 4. The number of aryl methyl sites for hydroxylation is 1. The lowest BCUT2D eigenvalue weighted by molar-refractivity contribution is -0.123. The molecule has 1 unspecified atom stereocenters. The quantitative estimate of drug-likeness (QED) is 0.798. The predicted octanol–water partition coefficient (Wildman–Crippen LogP) is 3.57. The van der Waals surface area contributed by atoms with Gasteiger partial charge in [-0.3, -0.25) is 14.3 Å². The Morgan fingerprint density at radius 3 is 2.86 bits per heavy atom. The Labute approximate surface area is 175 Å². The first kappa shape index (κ1) is 19.9. The van der Waals surface area contributed by atoms with Crippen molar-refractivity contribution in [2.75, 3.05) is 5.32 Å². The molecule has 2 atom stereocenters. The number of nitrogens with zero attached hydrogens (tertiary/aromatic N) is 3. The molecular formula is C21H26ClN5O2. The summed E-state index contributed by atoms with van der Waals surface area (Å²) < 4.78 is 2.04. The fourth-order valence-electron chi connectivity index (χ4n) is 4.43. The molecule has 2 amide bonds. The number of carbonyl (C=O) groups is 2. The van der Waals surface area contributed by atoms with Crippen LogP contribution < -0.4 is 10.6 Å². The minimum atomic E-state index is -0.134. The molecule has 0 aromatic carbocycles. The number of hydrogen-bond acceptors (Lipinski definition) is 4. The smallest absolute Gasteiger partial charge is 0.228 e. The van der Waals surface area contributed by atoms with Gasteiger partial charge in [0.15, 0.2) is 0 Å². The standard InChI is InChI=1S/C21H26ClN5O2/c1-13(28)25-15-6-4-5-14(9-15)21(29)26-20-10-16(18(22)12-23-20)17-11-24-27-8-3-2-7-19(17)27/h10-12,14-15H,2-9H2,1H3,(H,25,28)(H,23,26,29)/t14-,15?/m1/s1. The molecule has 1 aliphatic heterocycles. The van der Waals surface area contributed by atoms with Gasteiger partial charge in [-0.1, -0.05) is 18.0 Å². The number of hydrogen-bond donors (Lipinski definition) is 2. The van der Waals surface area contributed by atoms with Crippen molar-refractivity contribution < 1.29 is 9.59 Å². The number of carbonyl (C=O) groups excluding carboxylic acids is 2. The maximum Gasteiger partial charge on any atom is 0.228 e. The van der Waals surface area contributed by atoms with E-state index in [2.05, 4.69) is 20.7 Å². The molecule has 0 spiro atoms. The van der Waals surface area contributed by atoms with Crippen molar-refractivity contribution in [3.05, 3.63) is 29.2 Å². The van der Waals surface area contributed by atoms with E-state index >= 15 is 0 Å². The van der Waals surface area contributed by atoms with Crippen LogP contribution in [0.2, 0.25) is 5.02 Å². The number of fused-ring (bicyclic) bond motifs is 1. The minimum Gasteiger partial charge on any atom is -0.354 e. The van der Waals surface area contributed by atoms with Crippen molar-refractivity contribution >= 4 is 29.2 Å². The van der Waals surface area contributed by atoms with Crippen LogP contribution in [0.25, 0.3) is 11.1 Å². The van der Waals surface area contributed by atoms with Crippen LogP contribution in [0.15, 0.2) is 18.5 Å². The number of pyridine rings is 1. The summed E-state index contributed by atoms with van der Waals surface area (Å²) in [5.74, 6) is 0.250. The molecule has 4 rings (SSSR count). The maximum absolute atomic E-state index is 12.8. The first-order valence-corrected chi connectivity index (χ1v) is 10.7. The van der Waals surface area contributed by atoms with Crippen molar-refractivity contribution in [3.63, 3.8) is 0 Å². The van der Waals surface area contributed by atoms with Crippen LogP contribution in [0, 0.1) is 5.92 Å². The van der Waals surface area contributed by atoms with Crippen molar-refractivity contribution in [1.29, 1.82) is 0 Å². The monoisotopic (exact) mass is 415 g/mol. The van der Waals surface area contributed by atoms with Gasteiger partial charge in [-0.15, -0.1) is 0 Å². The molecule has 7 nitrogen and oxygen atoms in total. The predicted molar refractivity (Wildman–Crippen MR) is 112 cm³/mol. The third-order valence-electron chi connectivity index (χ3n) is 5.83. The highest BCUT2D eigenvalue weighted by atomic mass is 35.5. The number of nitrogens with one attached hydrogen (secondary N) is 2. The van der Waals surface area contributed by atoms with Gasteiger partial charge in [0.25, 0.3) is 0 Å². The van der Waals surface area contributed by atoms with E-state index in [1.54, 1.807) is 6.20 Å². The molecule has 154 valence electrons. The van der Waals surface area contributed by atoms with Crippen LogP contribution in [-0.4, -0.2) is 32.6 Å². The highest BCUT2D eigenvalue weighted by Crippen LogP contribution is 2.34. The first-order valence-electron chi connectivity index (χ1n) is 10.3. The fraction of sp³-hybridized carbons (Fsp3) is 0.524. The van der Waals surface area contributed by atoms with Gasteiger partial charge in [0.1, 0.15) is 5.82 Å². The summed E-state index contributed by atoms with van der Waals surface area (Å²) in [6.45, 7) is 2.44. The second-order valence-corrected chi connectivity index (χ2v) is 8.39. The van der Waals surface area contributed by atoms with E-state index in [-0.39, 0.29) is 23.8 Å². The molecule has 0 radical (unpaired) electrons. The van der Waals surface area contributed by atoms with Crippen molar-refractivity contribution in [1.82, 2.24) is 20.1 Å². The molecule has 0 saturated heterocycles. The molecule has 8 heteroatoms. The van der Waals surface area contributed by atoms with E-state index in [9.17, 15) is 9.59 Å². The summed E-state index contributed by atoms with van der Waals surface area (Å²) in [5.41, 5.74) is 3.04. The Morgan fingerprint density at radius 2 is 2.03 bits per heavy atom. The summed E-state index contributed by atoms with van der Waals surface area (Å²) in [4.78, 5) is 28.4. The summed E-state index contributed by atoms with van der Waals surface area (Å²) in [5, 5.41) is 10.9. The van der Waals surface area contributed by atoms with Gasteiger partial charge in [-0.25, -0.2) is 4.98 Å². The van der Waals surface area contributed by atoms with Crippen LogP contribution in [0.5, 0.6) is 0 Å². The van der Waals surface area contributed by atoms with E-state index in [1.807, 2.05) is 16.9 Å². The van der Waals surface area contributed by atoms with E-state index in [4.69, 9.17) is 11.6 Å². The molecule has 1 fully saturated rings. The Bertz CT molecular complexity index is 926. The Balaban J connectivity index is 1.50. The second-order valence-electron chi connectivity index (χ2n) is 7.98. The Morgan fingerprint density at radius 1 is 1.17 bits per heavy atom. The Hall–Kier alpha value is -2.41. The SMILES string of the molecule is CC(=O)NC1CCC[C@@H](C(=O)Nc2cc(-c3cnn4c3CCCC4)c(Cl)cn2)C1. The van der Waals surface area contributed by atoms with Crippen molar-refractivity contribution in [2.24, 2.45) is 5.92 Å². The average Bonchev–Trinajstić information content (AvgIpc) is 3.13. The van der Waals surface area contributed by atoms with Crippen LogP contribution in [0.1, 0.15) is 51.1 Å². The van der Waals surface area contributed by atoms with Gasteiger partial charge in [0, 0.05) is 48.4 Å². The van der Waals surface area contributed by atoms with E-state index in [1.165, 1.54) is 12.6 Å². The molecule has 1 saturated carbocycles. The number of amides is 2. The van der Waals surface area contributed by atoms with Crippen LogP contribution in [0.3, 0.4) is 0 Å². The number of aromatic nitrogens is 3. The highest BCUT2D eigenvalue weighted by Gasteiger charge is 2.28. The molecule has 29 heavy (non-hydrogen) atoms. The van der Waals surface area contributed by atoms with Crippen LogP contribution >= 0.6 is 11.6 Å². The average molecular weight is 416 g/mol. The highest BCUT2D eigenvalue weighted by molar-refractivity contribution is 6.33. The van der Waals surface area contributed by atoms with Crippen LogP contribution in [0.4, 0.5) is 5.82 Å². The molecule has 1 aliphatic carbocycles. The van der Waals surface area contributed by atoms with Gasteiger partial charge in [-0.2, -0.15) is 5.10 Å². The minimum absolute atomic E-state index is 0.0513. The molecule has 2 aromatic heterocycles. The van der Waals surface area contributed by atoms with E-state index in [0.29, 0.717) is 17.3 Å². The fourth-order valence-corrected chi connectivity index (χ4v) is 4.64. The zero-order chi connectivity index (χ0) is 20.4. The summed E-state index contributed by atoms with van der Waals surface area (Å²) in [6, 6.07) is 1.89. The maximum atomic E-state index is 12.8. The molecule has 2 N–H and O–H groups in total. The van der Waals surface area contributed by atoms with Gasteiger partial charge in [-0.05, 0) is 44.6 Å². The molecule has 2 aliphatic rings. The first-order chi connectivity index (χ1) is 14.0. The third kappa shape index (κ3) is 4.45. The third-order valence-corrected chi connectivity index (χ3v) is 6.13. The molecule has 0 bridgehead atoms. The van der Waals surface area contributed by atoms with Crippen LogP contribution in [-0.2, 0) is 22.6 Å². The lowest BCUT2D eigenvalue weighted by Gasteiger charge is -2.28. The van der Waals surface area contributed by atoms with E-state index < -0.39 is 0 Å². The summed E-state index contributed by atoms with van der Waals surface area (Å²) in [7, 11) is 0. The summed E-state index contributed by atoms with van der Waals surface area (Å²) in [6.07, 6.45) is 10.0. The Kier molecular flexibility index (Phi) is 5.85. The largest absolute Gasteiger partial charge is 0.354 e. The van der Waals surface area contributed by atoms with Gasteiger partial charge in [0.05, 0.1) is 11.2 Å². The lowest BCUT2D eigenvalue weighted by atomic mass is 9.85. The summed E-state index contributed by atoms with van der Waals surface area (Å²) >= 11 is 6.43. The molecule has 2 aromatic rings. The van der Waals surface area contributed by atoms with Crippen molar-refractivity contribution in [2.45, 2.75) is 64.5 Å².